The van der Waals surface area contributed by atoms with Crippen LogP contribution in [0.5, 0.6) is 0 Å². The van der Waals surface area contributed by atoms with Crippen molar-refractivity contribution in [1.82, 2.24) is 14.5 Å². The zero-order valence-corrected chi connectivity index (χ0v) is 25.9. The predicted octanol–water partition coefficient (Wildman–Crippen LogP) is 6.15. The van der Waals surface area contributed by atoms with E-state index in [1.807, 2.05) is 66.9 Å². The number of carbonyl (C=O) groups excluding carboxylic acids is 3. The number of nitrogens with zero attached hydrogens (tertiary/aromatic N) is 3. The number of ketones is 1. The second kappa shape index (κ2) is 15.2. The van der Waals surface area contributed by atoms with E-state index in [1.54, 1.807) is 36.4 Å². The minimum Gasteiger partial charge on any atom is -0.469 e. The Bertz CT molecular complexity index is 1650. The van der Waals surface area contributed by atoms with Crippen molar-refractivity contribution >= 4 is 23.7 Å². The highest BCUT2D eigenvalue weighted by atomic mass is 19.1. The van der Waals surface area contributed by atoms with Crippen molar-refractivity contribution < 1.29 is 28.6 Å². The number of ether oxygens (including phenoxy) is 1. The van der Waals surface area contributed by atoms with Crippen LogP contribution < -0.4 is 0 Å². The summed E-state index contributed by atoms with van der Waals surface area (Å²) in [5.74, 6) is -1.65. The second-order valence-corrected chi connectivity index (χ2v) is 11.1. The Morgan fingerprint density at radius 2 is 1.62 bits per heavy atom. The maximum Gasteiger partial charge on any atom is 0.308 e. The normalized spacial score (nSPS) is 12.0. The molecule has 4 rings (SSSR count). The molecule has 2 aromatic carbocycles. The zero-order valence-electron chi connectivity index (χ0n) is 25.9. The third-order valence-electron chi connectivity index (χ3n) is 7.43. The number of hydrogen-bond donors (Lipinski definition) is 1. The van der Waals surface area contributed by atoms with Crippen molar-refractivity contribution in [2.45, 2.75) is 45.3 Å². The molecule has 0 aliphatic carbocycles. The molecule has 234 valence electrons. The molecule has 1 N–H and O–H groups in total. The number of pyridine rings is 1. The number of allylic oxidation sites excluding steroid dienone is 1. The van der Waals surface area contributed by atoms with E-state index in [-0.39, 0.29) is 24.8 Å². The van der Waals surface area contributed by atoms with E-state index in [9.17, 15) is 23.9 Å². The van der Waals surface area contributed by atoms with Crippen LogP contribution in [0.2, 0.25) is 0 Å². The van der Waals surface area contributed by atoms with Gasteiger partial charge in [0.05, 0.1) is 25.3 Å². The fourth-order valence-corrected chi connectivity index (χ4v) is 5.24. The number of hydrogen-bond acceptors (Lipinski definition) is 6. The topological polar surface area (TPSA) is 102 Å². The molecule has 0 unspecified atom stereocenters. The summed E-state index contributed by atoms with van der Waals surface area (Å²) in [4.78, 5) is 45.0. The van der Waals surface area contributed by atoms with Crippen LogP contribution in [0.15, 0.2) is 85.1 Å². The number of amides is 1. The lowest BCUT2D eigenvalue weighted by Gasteiger charge is -2.22. The highest BCUT2D eigenvalue weighted by Gasteiger charge is 2.31. The van der Waals surface area contributed by atoms with Crippen LogP contribution in [-0.4, -0.2) is 64.0 Å². The third kappa shape index (κ3) is 8.19. The summed E-state index contributed by atoms with van der Waals surface area (Å²) >= 11 is 0. The number of benzene rings is 2. The van der Waals surface area contributed by atoms with Crippen LogP contribution in [0.25, 0.3) is 28.3 Å². The molecule has 4 aromatic rings. The molecule has 0 aliphatic heterocycles. The third-order valence-corrected chi connectivity index (χ3v) is 7.43. The minimum absolute atomic E-state index is 0.218. The molecule has 2 aromatic heterocycles. The van der Waals surface area contributed by atoms with Gasteiger partial charge >= 0.3 is 5.97 Å². The number of esters is 1. The van der Waals surface area contributed by atoms with Gasteiger partial charge < -0.3 is 19.3 Å². The van der Waals surface area contributed by atoms with Gasteiger partial charge in [-0.15, -0.1) is 0 Å². The predicted molar refractivity (Wildman–Crippen MR) is 172 cm³/mol. The molecule has 0 fully saturated rings. The Labute approximate surface area is 262 Å². The molecule has 0 saturated carbocycles. The summed E-state index contributed by atoms with van der Waals surface area (Å²) < 4.78 is 20.6. The fourth-order valence-electron chi connectivity index (χ4n) is 5.24. The monoisotopic (exact) mass is 611 g/mol. The number of rotatable bonds is 13. The van der Waals surface area contributed by atoms with Crippen LogP contribution in [0.1, 0.15) is 54.6 Å². The second-order valence-electron chi connectivity index (χ2n) is 11.1. The summed E-state index contributed by atoms with van der Waals surface area (Å²) in [5, 5.41) is 10.2. The number of likely N-dealkylation sites (N-methyl/N-ethyl adjacent to an activating group) is 1. The molecule has 0 saturated heterocycles. The van der Waals surface area contributed by atoms with Crippen molar-refractivity contribution in [2.75, 3.05) is 20.7 Å². The molecule has 1 amide bonds. The largest absolute Gasteiger partial charge is 0.469 e. The number of aliphatic hydroxyl groups excluding tert-OH is 1. The maximum atomic E-state index is 14.4. The smallest absolute Gasteiger partial charge is 0.308 e. The van der Waals surface area contributed by atoms with Gasteiger partial charge in [0, 0.05) is 55.5 Å². The lowest BCUT2D eigenvalue weighted by molar-refractivity contribution is -0.143. The van der Waals surface area contributed by atoms with Gasteiger partial charge in [0.1, 0.15) is 11.5 Å². The van der Waals surface area contributed by atoms with Crippen molar-refractivity contribution in [3.8, 4) is 22.3 Å². The van der Waals surface area contributed by atoms with Gasteiger partial charge in [-0.25, -0.2) is 4.39 Å². The summed E-state index contributed by atoms with van der Waals surface area (Å²) in [7, 11) is 2.96. The molecule has 0 spiro atoms. The van der Waals surface area contributed by atoms with Gasteiger partial charge in [0.25, 0.3) is 5.91 Å². The van der Waals surface area contributed by atoms with E-state index in [2.05, 4.69) is 9.72 Å². The Balaban J connectivity index is 1.88. The molecule has 1 atom stereocenters. The Morgan fingerprint density at radius 3 is 2.24 bits per heavy atom. The zero-order chi connectivity index (χ0) is 32.5. The van der Waals surface area contributed by atoms with E-state index < -0.39 is 23.7 Å². The lowest BCUT2D eigenvalue weighted by atomic mass is 9.94. The molecule has 9 heteroatoms. The molecule has 0 bridgehead atoms. The van der Waals surface area contributed by atoms with Gasteiger partial charge in [0.2, 0.25) is 0 Å². The van der Waals surface area contributed by atoms with Gasteiger partial charge in [-0.1, -0.05) is 48.5 Å². The van der Waals surface area contributed by atoms with E-state index in [0.29, 0.717) is 41.0 Å². The Morgan fingerprint density at radius 1 is 0.956 bits per heavy atom. The fraction of sp³-hybridized carbons (Fsp3) is 0.278. The van der Waals surface area contributed by atoms with Crippen LogP contribution >= 0.6 is 0 Å². The summed E-state index contributed by atoms with van der Waals surface area (Å²) in [6.45, 7) is 4.32. The number of methoxy groups -OCH3 is 1. The molecule has 0 aliphatic rings. The summed E-state index contributed by atoms with van der Waals surface area (Å²) in [6.07, 6.45) is 3.46. The highest BCUT2D eigenvalue weighted by Crippen LogP contribution is 2.43. The van der Waals surface area contributed by atoms with Crippen molar-refractivity contribution in [2.24, 2.45) is 0 Å². The number of aromatic nitrogens is 2. The number of halogens is 1. The van der Waals surface area contributed by atoms with Crippen molar-refractivity contribution in [1.29, 1.82) is 0 Å². The first-order valence-electron chi connectivity index (χ1n) is 14.8. The molecule has 2 heterocycles. The first kappa shape index (κ1) is 33.0. The Kier molecular flexibility index (Phi) is 11.2. The maximum absolute atomic E-state index is 14.4. The van der Waals surface area contributed by atoms with E-state index >= 15 is 0 Å². The van der Waals surface area contributed by atoms with Crippen molar-refractivity contribution in [3.05, 3.63) is 108 Å². The molecule has 0 radical (unpaired) electrons. The average Bonchev–Trinajstić information content (AvgIpc) is 3.38. The Hall–Kier alpha value is -4.89. The lowest BCUT2D eigenvalue weighted by Crippen LogP contribution is -2.31. The molecule has 45 heavy (non-hydrogen) atoms. The van der Waals surface area contributed by atoms with Crippen LogP contribution in [0.4, 0.5) is 4.39 Å². The van der Waals surface area contributed by atoms with Gasteiger partial charge in [-0.3, -0.25) is 19.4 Å². The highest BCUT2D eigenvalue weighted by molar-refractivity contribution is 6.07. The first-order chi connectivity index (χ1) is 21.6. The first-order valence-corrected chi connectivity index (χ1v) is 14.8. The van der Waals surface area contributed by atoms with E-state index in [4.69, 9.17) is 0 Å². The molecule has 8 nitrogen and oxygen atoms in total. The number of carbonyl (C=O) groups is 3. The summed E-state index contributed by atoms with van der Waals surface area (Å²) in [6, 6.07) is 21.0. The minimum atomic E-state index is -1.20. The van der Waals surface area contributed by atoms with Crippen LogP contribution in [-0.2, 0) is 20.7 Å². The molecular formula is C36H38FN3O5. The molecular weight excluding hydrogens is 573 g/mol. The van der Waals surface area contributed by atoms with Gasteiger partial charge in [-0.2, -0.15) is 0 Å². The SMILES string of the molecule is COC(=O)C[C@H](O)CC(=O)C=Cc1c(-c2ccc(F)cc2)c(-c2ccccc2)c(C(=O)N(C)CCc2ccccn2)n1C(C)C. The van der Waals surface area contributed by atoms with Gasteiger partial charge in [0.15, 0.2) is 5.78 Å². The van der Waals surface area contributed by atoms with Crippen LogP contribution in [0.3, 0.4) is 0 Å². The van der Waals surface area contributed by atoms with E-state index in [0.717, 1.165) is 11.3 Å². The average molecular weight is 612 g/mol. The summed E-state index contributed by atoms with van der Waals surface area (Å²) in [5.41, 5.74) is 4.64. The van der Waals surface area contributed by atoms with Gasteiger partial charge in [-0.05, 0) is 61.4 Å². The number of aliphatic hydroxyl groups is 1. The van der Waals surface area contributed by atoms with Crippen LogP contribution in [0, 0.1) is 5.82 Å². The quantitative estimate of drug-likeness (QED) is 0.144. The van der Waals surface area contributed by atoms with E-state index in [1.165, 1.54) is 25.3 Å². The van der Waals surface area contributed by atoms with Crippen molar-refractivity contribution in [3.63, 3.8) is 0 Å². The standard InChI is InChI=1S/C36H38FN3O5/c1-24(2)40-31(18-17-29(41)22-30(42)23-32(43)45-4)33(26-13-15-27(37)16-14-26)34(25-10-6-5-7-11-25)35(40)36(44)39(3)21-19-28-12-8-9-20-38-28/h5-18,20,24,30,42H,19,21-23H2,1-4H3/t30-/m1/s1.